The van der Waals surface area contributed by atoms with Gasteiger partial charge >= 0.3 is 12.2 Å². The lowest BCUT2D eigenvalue weighted by atomic mass is 10.7. The fraction of sp³-hybridized carbons (Fsp3) is 0.500. The lowest BCUT2D eigenvalue weighted by molar-refractivity contribution is 0.113. The molecule has 0 aliphatic heterocycles. The van der Waals surface area contributed by atoms with Crippen molar-refractivity contribution in [2.24, 2.45) is 0 Å². The zero-order valence-electron chi connectivity index (χ0n) is 5.37. The highest BCUT2D eigenvalue weighted by molar-refractivity contribution is 5.71. The standard InChI is InChI=1S/C4H8N2O4/c1-2-6(4(9)10)5-3(7)8/h5H,2H2,1H3,(H,7,8)(H,9,10). The van der Waals surface area contributed by atoms with Crippen LogP contribution in [0.25, 0.3) is 0 Å². The van der Waals surface area contributed by atoms with E-state index in [1.807, 2.05) is 0 Å². The van der Waals surface area contributed by atoms with Crippen LogP contribution in [0.1, 0.15) is 6.92 Å². The van der Waals surface area contributed by atoms with Gasteiger partial charge in [-0.25, -0.2) is 20.0 Å². The monoisotopic (exact) mass is 148 g/mol. The summed E-state index contributed by atoms with van der Waals surface area (Å²) in [4.78, 5) is 19.9. The minimum atomic E-state index is -1.38. The molecule has 0 aromatic rings. The summed E-state index contributed by atoms with van der Waals surface area (Å²) in [6.07, 6.45) is -2.70. The molecule has 0 saturated carbocycles. The first kappa shape index (κ1) is 8.54. The molecule has 2 amide bonds. The van der Waals surface area contributed by atoms with Crippen molar-refractivity contribution in [1.29, 1.82) is 0 Å². The molecular formula is C4H8N2O4. The van der Waals surface area contributed by atoms with Crippen molar-refractivity contribution in [3.63, 3.8) is 0 Å². The summed E-state index contributed by atoms with van der Waals surface area (Å²) in [7, 11) is 0. The van der Waals surface area contributed by atoms with Crippen LogP contribution in [0.5, 0.6) is 0 Å². The van der Waals surface area contributed by atoms with E-state index in [0.29, 0.717) is 5.01 Å². The molecule has 0 aliphatic carbocycles. The first-order valence-corrected chi connectivity index (χ1v) is 2.58. The number of carboxylic acid groups (broad SMARTS) is 2. The van der Waals surface area contributed by atoms with E-state index in [1.54, 1.807) is 5.43 Å². The summed E-state index contributed by atoms with van der Waals surface area (Å²) in [5.74, 6) is 0. The summed E-state index contributed by atoms with van der Waals surface area (Å²) in [5.41, 5.74) is 1.68. The molecule has 3 N–H and O–H groups in total. The maximum Gasteiger partial charge on any atom is 0.426 e. The van der Waals surface area contributed by atoms with Crippen LogP contribution in [-0.4, -0.2) is 34.0 Å². The van der Waals surface area contributed by atoms with Gasteiger partial charge in [-0.2, -0.15) is 0 Å². The minimum Gasteiger partial charge on any atom is -0.464 e. The largest absolute Gasteiger partial charge is 0.464 e. The fourth-order valence-electron chi connectivity index (χ4n) is 0.378. The number of carbonyl (C=O) groups is 2. The van der Waals surface area contributed by atoms with Gasteiger partial charge in [-0.15, -0.1) is 0 Å². The lowest BCUT2D eigenvalue weighted by Gasteiger charge is -2.14. The third-order valence-corrected chi connectivity index (χ3v) is 0.778. The van der Waals surface area contributed by atoms with Gasteiger partial charge in [0.1, 0.15) is 0 Å². The van der Waals surface area contributed by atoms with Crippen LogP contribution in [0.2, 0.25) is 0 Å². The second-order valence-electron chi connectivity index (χ2n) is 1.44. The maximum atomic E-state index is 10.1. The number of nitrogens with zero attached hydrogens (tertiary/aromatic N) is 1. The topological polar surface area (TPSA) is 89.9 Å². The van der Waals surface area contributed by atoms with E-state index < -0.39 is 12.2 Å². The highest BCUT2D eigenvalue weighted by Crippen LogP contribution is 1.81. The zero-order valence-corrected chi connectivity index (χ0v) is 5.37. The predicted octanol–water partition coefficient (Wildman–Crippen LogP) is 0.169. The first-order chi connectivity index (χ1) is 4.57. The van der Waals surface area contributed by atoms with Crippen LogP contribution in [0.3, 0.4) is 0 Å². The third kappa shape index (κ3) is 2.75. The highest BCUT2D eigenvalue weighted by atomic mass is 16.4. The van der Waals surface area contributed by atoms with Crippen molar-refractivity contribution < 1.29 is 19.8 Å². The molecule has 0 unspecified atom stereocenters. The van der Waals surface area contributed by atoms with Gasteiger partial charge in [-0.1, -0.05) is 0 Å². The average molecular weight is 148 g/mol. The van der Waals surface area contributed by atoms with Gasteiger partial charge in [0.25, 0.3) is 0 Å². The van der Waals surface area contributed by atoms with Crippen molar-refractivity contribution in [2.75, 3.05) is 6.54 Å². The molecule has 0 rings (SSSR count). The number of hydrogen-bond donors (Lipinski definition) is 3. The minimum absolute atomic E-state index is 0.0850. The molecular weight excluding hydrogens is 140 g/mol. The van der Waals surface area contributed by atoms with E-state index in [4.69, 9.17) is 10.2 Å². The van der Waals surface area contributed by atoms with Crippen LogP contribution < -0.4 is 5.43 Å². The molecule has 0 saturated heterocycles. The zero-order chi connectivity index (χ0) is 8.15. The van der Waals surface area contributed by atoms with Crippen LogP contribution in [0, 0.1) is 0 Å². The molecule has 0 aromatic heterocycles. The van der Waals surface area contributed by atoms with Gasteiger partial charge in [-0.3, -0.25) is 0 Å². The van der Waals surface area contributed by atoms with E-state index >= 15 is 0 Å². The SMILES string of the molecule is CCN(NC(=O)O)C(=O)O. The average Bonchev–Trinajstić information content (AvgIpc) is 1.81. The molecule has 0 atom stereocenters. The van der Waals surface area contributed by atoms with Crippen LogP contribution in [0.15, 0.2) is 0 Å². The van der Waals surface area contributed by atoms with Gasteiger partial charge < -0.3 is 10.2 Å². The van der Waals surface area contributed by atoms with Crippen molar-refractivity contribution in [1.82, 2.24) is 10.4 Å². The Balaban J connectivity index is 3.83. The summed E-state index contributed by atoms with van der Waals surface area (Å²) >= 11 is 0. The Morgan fingerprint density at radius 2 is 2.00 bits per heavy atom. The molecule has 0 aromatic carbocycles. The van der Waals surface area contributed by atoms with Crippen LogP contribution in [0.4, 0.5) is 9.59 Å². The number of rotatable bonds is 1. The molecule has 10 heavy (non-hydrogen) atoms. The summed E-state index contributed by atoms with van der Waals surface area (Å²) in [5, 5.41) is 16.8. The van der Waals surface area contributed by atoms with Crippen molar-refractivity contribution in [3.05, 3.63) is 0 Å². The summed E-state index contributed by atoms with van der Waals surface area (Å²) in [6, 6.07) is 0. The van der Waals surface area contributed by atoms with Gasteiger partial charge in [0.15, 0.2) is 0 Å². The Labute approximate surface area is 57.0 Å². The molecule has 0 bridgehead atoms. The Hall–Kier alpha value is -1.46. The van der Waals surface area contributed by atoms with E-state index in [-0.39, 0.29) is 6.54 Å². The van der Waals surface area contributed by atoms with E-state index in [0.717, 1.165) is 0 Å². The number of amides is 2. The number of nitrogens with one attached hydrogen (secondary N) is 1. The van der Waals surface area contributed by atoms with Crippen molar-refractivity contribution in [3.8, 4) is 0 Å². The second kappa shape index (κ2) is 3.54. The van der Waals surface area contributed by atoms with Gasteiger partial charge in [0, 0.05) is 6.54 Å². The predicted molar refractivity (Wildman–Crippen MR) is 31.6 cm³/mol. The summed E-state index contributed by atoms with van der Waals surface area (Å²) in [6.45, 7) is 1.60. The lowest BCUT2D eigenvalue weighted by Crippen LogP contribution is -2.44. The smallest absolute Gasteiger partial charge is 0.426 e. The Bertz CT molecular complexity index is 146. The maximum absolute atomic E-state index is 10.1. The Morgan fingerprint density at radius 1 is 1.50 bits per heavy atom. The fourth-order valence-corrected chi connectivity index (χ4v) is 0.378. The molecule has 6 heteroatoms. The van der Waals surface area contributed by atoms with Gasteiger partial charge in [0.2, 0.25) is 0 Å². The first-order valence-electron chi connectivity index (χ1n) is 2.58. The van der Waals surface area contributed by atoms with Crippen LogP contribution >= 0.6 is 0 Å². The van der Waals surface area contributed by atoms with Gasteiger partial charge in [0.05, 0.1) is 0 Å². The van der Waals surface area contributed by atoms with E-state index in [1.165, 1.54) is 6.92 Å². The quantitative estimate of drug-likeness (QED) is 0.462. The molecule has 0 heterocycles. The normalized spacial score (nSPS) is 8.50. The van der Waals surface area contributed by atoms with E-state index in [2.05, 4.69) is 0 Å². The van der Waals surface area contributed by atoms with Crippen molar-refractivity contribution >= 4 is 12.2 Å². The van der Waals surface area contributed by atoms with Gasteiger partial charge in [-0.05, 0) is 6.92 Å². The highest BCUT2D eigenvalue weighted by Gasteiger charge is 2.10. The Morgan fingerprint density at radius 3 is 2.10 bits per heavy atom. The molecule has 6 nitrogen and oxygen atoms in total. The summed E-state index contributed by atoms with van der Waals surface area (Å²) < 4.78 is 0. The molecule has 58 valence electrons. The second-order valence-corrected chi connectivity index (χ2v) is 1.44. The Kier molecular flexibility index (Phi) is 3.03. The van der Waals surface area contributed by atoms with Crippen molar-refractivity contribution in [2.45, 2.75) is 6.92 Å². The molecule has 0 aliphatic rings. The number of hydrogen-bond acceptors (Lipinski definition) is 2. The van der Waals surface area contributed by atoms with Crippen LogP contribution in [-0.2, 0) is 0 Å². The molecule has 0 fully saturated rings. The number of hydrazine groups is 1. The molecule has 0 radical (unpaired) electrons. The third-order valence-electron chi connectivity index (χ3n) is 0.778. The molecule has 0 spiro atoms. The van der Waals surface area contributed by atoms with E-state index in [9.17, 15) is 9.59 Å².